The van der Waals surface area contributed by atoms with E-state index in [1.165, 1.54) is 11.1 Å². The van der Waals surface area contributed by atoms with Crippen molar-refractivity contribution in [3.05, 3.63) is 35.4 Å². The van der Waals surface area contributed by atoms with Crippen LogP contribution in [0.3, 0.4) is 0 Å². The van der Waals surface area contributed by atoms with Crippen molar-refractivity contribution >= 4 is 0 Å². The minimum Gasteiger partial charge on any atom is -0.390 e. The first-order valence-electron chi connectivity index (χ1n) is 6.57. The lowest BCUT2D eigenvalue weighted by molar-refractivity contribution is -0.00254. The van der Waals surface area contributed by atoms with Crippen LogP contribution in [0.15, 0.2) is 24.3 Å². The summed E-state index contributed by atoms with van der Waals surface area (Å²) in [4.78, 5) is 0. The first-order chi connectivity index (χ1) is 8.13. The van der Waals surface area contributed by atoms with Gasteiger partial charge in [-0.2, -0.15) is 0 Å². The summed E-state index contributed by atoms with van der Waals surface area (Å²) in [7, 11) is 2.01. The van der Waals surface area contributed by atoms with E-state index in [1.807, 2.05) is 7.05 Å². The van der Waals surface area contributed by atoms with Gasteiger partial charge in [-0.25, -0.2) is 0 Å². The van der Waals surface area contributed by atoms with E-state index in [-0.39, 0.29) is 0 Å². The SMILES string of the molecule is CNC1CCC(O)(Cc2ccccc2C)CC1. The molecule has 0 radical (unpaired) electrons. The van der Waals surface area contributed by atoms with E-state index in [1.54, 1.807) is 0 Å². The van der Waals surface area contributed by atoms with Crippen molar-refractivity contribution < 1.29 is 5.11 Å². The van der Waals surface area contributed by atoms with Crippen LogP contribution in [-0.2, 0) is 6.42 Å². The van der Waals surface area contributed by atoms with E-state index in [4.69, 9.17) is 0 Å². The Bertz CT molecular complexity index is 367. The first kappa shape index (κ1) is 12.6. The zero-order chi connectivity index (χ0) is 12.3. The van der Waals surface area contributed by atoms with Crippen molar-refractivity contribution in [1.82, 2.24) is 5.32 Å². The number of rotatable bonds is 3. The van der Waals surface area contributed by atoms with Crippen molar-refractivity contribution in [3.63, 3.8) is 0 Å². The van der Waals surface area contributed by atoms with Gasteiger partial charge in [-0.1, -0.05) is 24.3 Å². The van der Waals surface area contributed by atoms with E-state index in [2.05, 4.69) is 36.5 Å². The van der Waals surface area contributed by atoms with Crippen molar-refractivity contribution in [2.24, 2.45) is 0 Å². The van der Waals surface area contributed by atoms with E-state index in [0.29, 0.717) is 6.04 Å². The van der Waals surface area contributed by atoms with Gasteiger partial charge in [0.15, 0.2) is 0 Å². The van der Waals surface area contributed by atoms with E-state index in [0.717, 1.165) is 32.1 Å². The molecule has 0 bridgehead atoms. The highest BCUT2D eigenvalue weighted by atomic mass is 16.3. The first-order valence-corrected chi connectivity index (χ1v) is 6.57. The second-order valence-electron chi connectivity index (χ2n) is 5.39. The van der Waals surface area contributed by atoms with Crippen LogP contribution >= 0.6 is 0 Å². The van der Waals surface area contributed by atoms with Crippen LogP contribution in [0.4, 0.5) is 0 Å². The molecular weight excluding hydrogens is 210 g/mol. The lowest BCUT2D eigenvalue weighted by Crippen LogP contribution is -2.41. The van der Waals surface area contributed by atoms with Crippen molar-refractivity contribution in [1.29, 1.82) is 0 Å². The Balaban J connectivity index is 2.01. The summed E-state index contributed by atoms with van der Waals surface area (Å²) in [5.41, 5.74) is 2.09. The topological polar surface area (TPSA) is 32.3 Å². The van der Waals surface area contributed by atoms with Gasteiger partial charge in [0.2, 0.25) is 0 Å². The molecule has 0 aliphatic heterocycles. The lowest BCUT2D eigenvalue weighted by Gasteiger charge is -2.36. The highest BCUT2D eigenvalue weighted by molar-refractivity contribution is 5.27. The summed E-state index contributed by atoms with van der Waals surface area (Å²) in [5, 5.41) is 13.9. The van der Waals surface area contributed by atoms with Gasteiger partial charge in [-0.05, 0) is 50.8 Å². The largest absolute Gasteiger partial charge is 0.390 e. The molecule has 2 nitrogen and oxygen atoms in total. The predicted octanol–water partition coefficient (Wildman–Crippen LogP) is 2.43. The molecule has 1 aliphatic rings. The molecule has 0 saturated heterocycles. The molecule has 1 saturated carbocycles. The van der Waals surface area contributed by atoms with Crippen molar-refractivity contribution in [2.45, 2.75) is 50.7 Å². The molecule has 0 heterocycles. The summed E-state index contributed by atoms with van der Waals surface area (Å²) in [6.07, 6.45) is 4.79. The van der Waals surface area contributed by atoms with Crippen LogP contribution in [0.25, 0.3) is 0 Å². The minimum atomic E-state index is -0.487. The molecular formula is C15H23NO. The van der Waals surface area contributed by atoms with Gasteiger partial charge in [0.1, 0.15) is 0 Å². The molecule has 0 aromatic heterocycles. The summed E-state index contributed by atoms with van der Waals surface area (Å²) < 4.78 is 0. The van der Waals surface area contributed by atoms with Crippen molar-refractivity contribution in [3.8, 4) is 0 Å². The molecule has 2 heteroatoms. The number of hydrogen-bond acceptors (Lipinski definition) is 2. The molecule has 2 N–H and O–H groups in total. The fourth-order valence-electron chi connectivity index (χ4n) is 2.78. The smallest absolute Gasteiger partial charge is 0.0689 e. The highest BCUT2D eigenvalue weighted by Crippen LogP contribution is 2.32. The third-order valence-electron chi connectivity index (χ3n) is 4.11. The molecule has 1 aliphatic carbocycles. The maximum atomic E-state index is 10.6. The van der Waals surface area contributed by atoms with E-state index in [9.17, 15) is 5.11 Å². The number of aliphatic hydroxyl groups is 1. The molecule has 2 rings (SSSR count). The maximum absolute atomic E-state index is 10.6. The fraction of sp³-hybridized carbons (Fsp3) is 0.600. The predicted molar refractivity (Wildman–Crippen MR) is 71.1 cm³/mol. The van der Waals surface area contributed by atoms with Gasteiger partial charge in [-0.15, -0.1) is 0 Å². The summed E-state index contributed by atoms with van der Waals surface area (Å²) in [5.74, 6) is 0. The molecule has 94 valence electrons. The second-order valence-corrected chi connectivity index (χ2v) is 5.39. The summed E-state index contributed by atoms with van der Waals surface area (Å²) >= 11 is 0. The zero-order valence-corrected chi connectivity index (χ0v) is 10.9. The third kappa shape index (κ3) is 3.08. The Hall–Kier alpha value is -0.860. The second kappa shape index (κ2) is 5.19. The van der Waals surface area contributed by atoms with Crippen LogP contribution in [0.2, 0.25) is 0 Å². The number of benzene rings is 1. The lowest BCUT2D eigenvalue weighted by atomic mass is 9.78. The van der Waals surface area contributed by atoms with Gasteiger partial charge in [0.25, 0.3) is 0 Å². The Morgan fingerprint density at radius 1 is 1.29 bits per heavy atom. The number of hydrogen-bond donors (Lipinski definition) is 2. The molecule has 0 amide bonds. The highest BCUT2D eigenvalue weighted by Gasteiger charge is 2.32. The Labute approximate surface area is 104 Å². The summed E-state index contributed by atoms with van der Waals surface area (Å²) in [6, 6.07) is 8.97. The summed E-state index contributed by atoms with van der Waals surface area (Å²) in [6.45, 7) is 2.12. The molecule has 1 aromatic rings. The van der Waals surface area contributed by atoms with E-state index >= 15 is 0 Å². The average molecular weight is 233 g/mol. The Morgan fingerprint density at radius 2 is 1.94 bits per heavy atom. The quantitative estimate of drug-likeness (QED) is 0.840. The van der Waals surface area contributed by atoms with Crippen LogP contribution in [0.5, 0.6) is 0 Å². The van der Waals surface area contributed by atoms with Crippen LogP contribution in [0, 0.1) is 6.92 Å². The number of nitrogens with one attached hydrogen (secondary N) is 1. The van der Waals surface area contributed by atoms with Crippen LogP contribution in [0.1, 0.15) is 36.8 Å². The van der Waals surface area contributed by atoms with Crippen LogP contribution < -0.4 is 5.32 Å². The molecule has 0 atom stereocenters. The molecule has 1 aromatic carbocycles. The van der Waals surface area contributed by atoms with Gasteiger partial charge < -0.3 is 10.4 Å². The standard InChI is InChI=1S/C15H23NO/c1-12-5-3-4-6-13(12)11-15(17)9-7-14(16-2)8-10-15/h3-6,14,16-17H,7-11H2,1-2H3. The fourth-order valence-corrected chi connectivity index (χ4v) is 2.78. The number of aryl methyl sites for hydroxylation is 1. The van der Waals surface area contributed by atoms with Crippen molar-refractivity contribution in [2.75, 3.05) is 7.05 Å². The molecule has 17 heavy (non-hydrogen) atoms. The normalized spacial score (nSPS) is 29.2. The van der Waals surface area contributed by atoms with Gasteiger partial charge >= 0.3 is 0 Å². The molecule has 1 fully saturated rings. The Kier molecular flexibility index (Phi) is 3.85. The molecule has 0 unspecified atom stereocenters. The van der Waals surface area contributed by atoms with Gasteiger partial charge in [-0.3, -0.25) is 0 Å². The third-order valence-corrected chi connectivity index (χ3v) is 4.11. The zero-order valence-electron chi connectivity index (χ0n) is 10.9. The van der Waals surface area contributed by atoms with Gasteiger partial charge in [0.05, 0.1) is 5.60 Å². The minimum absolute atomic E-state index is 0.487. The maximum Gasteiger partial charge on any atom is 0.0689 e. The van der Waals surface area contributed by atoms with Crippen LogP contribution in [-0.4, -0.2) is 23.8 Å². The van der Waals surface area contributed by atoms with E-state index < -0.39 is 5.60 Å². The Morgan fingerprint density at radius 3 is 2.53 bits per heavy atom. The van der Waals surface area contributed by atoms with Gasteiger partial charge in [0, 0.05) is 12.5 Å². The average Bonchev–Trinajstić information content (AvgIpc) is 2.33. The molecule has 0 spiro atoms. The monoisotopic (exact) mass is 233 g/mol.